The Morgan fingerprint density at radius 2 is 1.61 bits per heavy atom. The lowest BCUT2D eigenvalue weighted by molar-refractivity contribution is -0.155. The Kier molecular flexibility index (Phi) is 5.56. The number of rotatable bonds is 7. The van der Waals surface area contributed by atoms with Crippen LogP contribution in [0, 0.1) is 0 Å². The van der Waals surface area contributed by atoms with Gasteiger partial charge in [0.15, 0.2) is 0 Å². The number of nitrogens with zero attached hydrogens (tertiary/aromatic N) is 1. The topological polar surface area (TPSA) is 95.9 Å². The highest BCUT2D eigenvalue weighted by Gasteiger charge is 2.58. The fourth-order valence-corrected chi connectivity index (χ4v) is 5.89. The van der Waals surface area contributed by atoms with Gasteiger partial charge in [-0.1, -0.05) is 48.5 Å². The van der Waals surface area contributed by atoms with E-state index in [1.54, 1.807) is 4.90 Å². The van der Waals surface area contributed by atoms with Crippen molar-refractivity contribution in [2.75, 3.05) is 13.2 Å². The summed E-state index contributed by atoms with van der Waals surface area (Å²) in [6, 6.07) is 16.4. The van der Waals surface area contributed by atoms with Gasteiger partial charge in [0.2, 0.25) is 5.91 Å². The van der Waals surface area contributed by atoms with Crippen LogP contribution in [0.3, 0.4) is 0 Å². The SMILES string of the molecule is O=C(NCCCC(=O)N1C2CCC1(C(=O)O)CC2)OCC1c2ccccc2-c2ccccc21. The number of carbonyl (C=O) groups excluding carboxylic acids is 2. The highest BCUT2D eigenvalue weighted by atomic mass is 16.5. The number of fused-ring (bicyclic) bond motifs is 5. The molecule has 7 nitrogen and oxygen atoms in total. The number of nitrogens with one attached hydrogen (secondary N) is 1. The van der Waals surface area contributed by atoms with Gasteiger partial charge in [-0.2, -0.15) is 0 Å². The number of ether oxygens (including phenoxy) is 1. The summed E-state index contributed by atoms with van der Waals surface area (Å²) in [4.78, 5) is 38.4. The van der Waals surface area contributed by atoms with E-state index in [1.807, 2.05) is 24.3 Å². The number of hydrogen-bond donors (Lipinski definition) is 2. The van der Waals surface area contributed by atoms with Crippen molar-refractivity contribution in [1.82, 2.24) is 10.2 Å². The number of alkyl carbamates (subject to hydrolysis) is 1. The van der Waals surface area contributed by atoms with Crippen molar-refractivity contribution in [2.24, 2.45) is 0 Å². The summed E-state index contributed by atoms with van der Waals surface area (Å²) in [6.45, 7) is 0.552. The number of carboxylic acids is 1. The summed E-state index contributed by atoms with van der Waals surface area (Å²) in [5.74, 6) is -1.03. The van der Waals surface area contributed by atoms with E-state index in [4.69, 9.17) is 4.74 Å². The van der Waals surface area contributed by atoms with Gasteiger partial charge in [0.1, 0.15) is 12.1 Å². The van der Waals surface area contributed by atoms with Crippen molar-refractivity contribution in [3.05, 3.63) is 59.7 Å². The Balaban J connectivity index is 1.10. The normalized spacial score (nSPS) is 22.7. The second kappa shape index (κ2) is 8.54. The molecule has 0 radical (unpaired) electrons. The number of carboxylic acid groups (broad SMARTS) is 1. The van der Waals surface area contributed by atoms with Crippen molar-refractivity contribution in [1.29, 1.82) is 0 Å². The minimum atomic E-state index is -1.01. The van der Waals surface area contributed by atoms with E-state index in [0.717, 1.165) is 24.0 Å². The molecule has 2 bridgehead atoms. The second-order valence-corrected chi connectivity index (χ2v) is 9.19. The van der Waals surface area contributed by atoms with Crippen LogP contribution in [0.2, 0.25) is 0 Å². The van der Waals surface area contributed by atoms with E-state index in [1.165, 1.54) is 11.1 Å². The first-order valence-electron chi connectivity index (χ1n) is 11.7. The van der Waals surface area contributed by atoms with Crippen LogP contribution in [-0.4, -0.2) is 52.7 Å². The molecule has 3 aliphatic rings. The zero-order valence-electron chi connectivity index (χ0n) is 18.5. The maximum Gasteiger partial charge on any atom is 0.407 e. The van der Waals surface area contributed by atoms with Crippen LogP contribution in [0.25, 0.3) is 11.1 Å². The molecule has 33 heavy (non-hydrogen) atoms. The Bertz CT molecular complexity index is 1040. The van der Waals surface area contributed by atoms with Gasteiger partial charge in [0, 0.05) is 24.9 Å². The molecule has 2 N–H and O–H groups in total. The fraction of sp³-hybridized carbons (Fsp3) is 0.423. The molecule has 172 valence electrons. The number of carbonyl (C=O) groups is 3. The molecule has 5 rings (SSSR count). The first-order chi connectivity index (χ1) is 16.0. The maximum absolute atomic E-state index is 12.7. The largest absolute Gasteiger partial charge is 0.479 e. The molecule has 2 saturated heterocycles. The van der Waals surface area contributed by atoms with Gasteiger partial charge in [-0.25, -0.2) is 9.59 Å². The Hall–Kier alpha value is -3.35. The molecule has 2 aromatic rings. The predicted octanol–water partition coefficient (Wildman–Crippen LogP) is 3.91. The quantitative estimate of drug-likeness (QED) is 0.626. The first kappa shape index (κ1) is 21.5. The summed E-state index contributed by atoms with van der Waals surface area (Å²) < 4.78 is 5.52. The van der Waals surface area contributed by atoms with Crippen molar-refractivity contribution >= 4 is 18.0 Å². The molecule has 2 fully saturated rings. The van der Waals surface area contributed by atoms with Crippen LogP contribution >= 0.6 is 0 Å². The van der Waals surface area contributed by atoms with Gasteiger partial charge >= 0.3 is 12.1 Å². The Morgan fingerprint density at radius 3 is 2.21 bits per heavy atom. The minimum absolute atomic E-state index is 0.00239. The molecule has 2 amide bonds. The molecule has 0 aromatic heterocycles. The molecule has 7 heteroatoms. The predicted molar refractivity (Wildman–Crippen MR) is 122 cm³/mol. The summed E-state index contributed by atoms with van der Waals surface area (Å²) in [5, 5.41) is 12.4. The lowest BCUT2D eigenvalue weighted by atomic mass is 9.88. The van der Waals surface area contributed by atoms with Gasteiger partial charge in [-0.3, -0.25) is 4.79 Å². The highest BCUT2D eigenvalue weighted by molar-refractivity contribution is 5.89. The average Bonchev–Trinajstić information content (AvgIpc) is 3.49. The van der Waals surface area contributed by atoms with Crippen LogP contribution in [0.15, 0.2) is 48.5 Å². The summed E-state index contributed by atoms with van der Waals surface area (Å²) >= 11 is 0. The number of amides is 2. The monoisotopic (exact) mass is 448 g/mol. The smallest absolute Gasteiger partial charge is 0.407 e. The van der Waals surface area contributed by atoms with Crippen molar-refractivity contribution < 1.29 is 24.2 Å². The van der Waals surface area contributed by atoms with Crippen LogP contribution in [-0.2, 0) is 14.3 Å². The van der Waals surface area contributed by atoms with Crippen LogP contribution < -0.4 is 5.32 Å². The molecular formula is C26H28N2O5. The summed E-state index contributed by atoms with van der Waals surface area (Å²) in [5.41, 5.74) is 3.66. The molecule has 0 saturated carbocycles. The Labute approximate surface area is 192 Å². The minimum Gasteiger partial charge on any atom is -0.479 e. The van der Waals surface area contributed by atoms with Gasteiger partial charge in [-0.15, -0.1) is 0 Å². The molecule has 0 unspecified atom stereocenters. The summed E-state index contributed by atoms with van der Waals surface area (Å²) in [6.07, 6.45) is 2.75. The maximum atomic E-state index is 12.7. The van der Waals surface area contributed by atoms with Gasteiger partial charge < -0.3 is 20.1 Å². The highest BCUT2D eigenvalue weighted by Crippen LogP contribution is 2.47. The molecule has 0 atom stereocenters. The van der Waals surface area contributed by atoms with E-state index in [9.17, 15) is 19.5 Å². The average molecular weight is 449 g/mol. The lowest BCUT2D eigenvalue weighted by Gasteiger charge is -2.31. The van der Waals surface area contributed by atoms with E-state index < -0.39 is 17.6 Å². The van der Waals surface area contributed by atoms with Crippen molar-refractivity contribution in [3.8, 4) is 11.1 Å². The van der Waals surface area contributed by atoms with E-state index >= 15 is 0 Å². The third-order valence-corrected chi connectivity index (χ3v) is 7.46. The van der Waals surface area contributed by atoms with Crippen molar-refractivity contribution in [2.45, 2.75) is 56.0 Å². The standard InChI is InChI=1S/C26H28N2O5/c29-23(28-17-11-13-26(28,14-12-17)24(30)31)10-5-15-27-25(32)33-16-22-20-8-3-1-6-18(20)19-7-2-4-9-21(19)22/h1-4,6-9,17,22H,5,10-16H2,(H,27,32)(H,30,31). The van der Waals surface area contributed by atoms with E-state index in [-0.39, 0.29) is 30.9 Å². The molecule has 2 heterocycles. The van der Waals surface area contributed by atoms with Crippen LogP contribution in [0.1, 0.15) is 55.6 Å². The third-order valence-electron chi connectivity index (χ3n) is 7.46. The first-order valence-corrected chi connectivity index (χ1v) is 11.7. The van der Waals surface area contributed by atoms with Crippen molar-refractivity contribution in [3.63, 3.8) is 0 Å². The van der Waals surface area contributed by atoms with Crippen LogP contribution in [0.4, 0.5) is 4.79 Å². The molecule has 2 aromatic carbocycles. The number of benzene rings is 2. The molecule has 1 aliphatic carbocycles. The molecular weight excluding hydrogens is 420 g/mol. The fourth-order valence-electron chi connectivity index (χ4n) is 5.89. The lowest BCUT2D eigenvalue weighted by Crippen LogP contribution is -2.50. The second-order valence-electron chi connectivity index (χ2n) is 9.19. The molecule has 2 aliphatic heterocycles. The van der Waals surface area contributed by atoms with Crippen LogP contribution in [0.5, 0.6) is 0 Å². The number of aliphatic carboxylic acids is 1. The third kappa shape index (κ3) is 3.65. The van der Waals surface area contributed by atoms with Gasteiger partial charge in [0.05, 0.1) is 0 Å². The molecule has 0 spiro atoms. The zero-order chi connectivity index (χ0) is 23.0. The van der Waals surface area contributed by atoms with E-state index in [2.05, 4.69) is 29.6 Å². The zero-order valence-corrected chi connectivity index (χ0v) is 18.5. The Morgan fingerprint density at radius 1 is 1.00 bits per heavy atom. The van der Waals surface area contributed by atoms with Gasteiger partial charge in [0.25, 0.3) is 0 Å². The van der Waals surface area contributed by atoms with E-state index in [0.29, 0.717) is 25.8 Å². The number of hydrogen-bond acceptors (Lipinski definition) is 4. The summed E-state index contributed by atoms with van der Waals surface area (Å²) in [7, 11) is 0. The van der Waals surface area contributed by atoms with Gasteiger partial charge in [-0.05, 0) is 54.4 Å².